The third-order valence-electron chi connectivity index (χ3n) is 3.00. The average molecular weight is 278 g/mol. The Labute approximate surface area is 123 Å². The molecule has 1 aromatic rings. The molecule has 0 amide bonds. The van der Waals surface area contributed by atoms with E-state index in [0.29, 0.717) is 11.3 Å². The van der Waals surface area contributed by atoms with E-state index in [2.05, 4.69) is 62.1 Å². The van der Waals surface area contributed by atoms with E-state index in [1.165, 1.54) is 0 Å². The summed E-state index contributed by atoms with van der Waals surface area (Å²) < 4.78 is 0. The molecule has 0 fully saturated rings. The van der Waals surface area contributed by atoms with E-state index in [1.54, 1.807) is 0 Å². The van der Waals surface area contributed by atoms with Crippen LogP contribution in [0.2, 0.25) is 0 Å². The average Bonchev–Trinajstić information content (AvgIpc) is 2.34. The second-order valence-corrected chi connectivity index (χ2v) is 6.82. The van der Waals surface area contributed by atoms with E-state index in [1.807, 2.05) is 6.07 Å². The largest absolute Gasteiger partial charge is 0.370 e. The van der Waals surface area contributed by atoms with Gasteiger partial charge in [0.05, 0.1) is 0 Å². The van der Waals surface area contributed by atoms with Crippen LogP contribution in [0.1, 0.15) is 66.1 Å². The Morgan fingerprint density at radius 1 is 1.05 bits per heavy atom. The van der Waals surface area contributed by atoms with Gasteiger partial charge in [-0.1, -0.05) is 41.5 Å². The van der Waals surface area contributed by atoms with Crippen LogP contribution in [0.4, 0.5) is 11.6 Å². The molecule has 2 N–H and O–H groups in total. The maximum atomic E-state index is 4.60. The molecule has 0 aliphatic heterocycles. The fourth-order valence-corrected chi connectivity index (χ4v) is 1.72. The molecule has 0 saturated heterocycles. The fraction of sp³-hybridized carbons (Fsp3) is 0.750. The first kappa shape index (κ1) is 16.7. The molecule has 0 bridgehead atoms. The molecule has 1 aromatic heterocycles. The van der Waals surface area contributed by atoms with Crippen molar-refractivity contribution >= 4 is 11.6 Å². The van der Waals surface area contributed by atoms with Gasteiger partial charge in [0, 0.05) is 25.1 Å². The first-order valence-electron chi connectivity index (χ1n) is 7.68. The van der Waals surface area contributed by atoms with Crippen molar-refractivity contribution in [1.29, 1.82) is 0 Å². The molecule has 0 radical (unpaired) electrons. The van der Waals surface area contributed by atoms with Gasteiger partial charge in [0.1, 0.15) is 17.5 Å². The zero-order valence-corrected chi connectivity index (χ0v) is 13.9. The molecule has 1 rings (SSSR count). The Kier molecular flexibility index (Phi) is 6.24. The molecule has 0 aliphatic carbocycles. The van der Waals surface area contributed by atoms with Crippen molar-refractivity contribution in [3.05, 3.63) is 11.9 Å². The number of nitrogens with one attached hydrogen (secondary N) is 2. The Morgan fingerprint density at radius 3 is 2.05 bits per heavy atom. The molecule has 0 aliphatic rings. The highest BCUT2D eigenvalue weighted by Crippen LogP contribution is 2.20. The minimum atomic E-state index is 0.335. The second-order valence-electron chi connectivity index (χ2n) is 6.82. The molecule has 0 atom stereocenters. The Bertz CT molecular complexity index is 407. The van der Waals surface area contributed by atoms with Crippen LogP contribution < -0.4 is 10.6 Å². The fourth-order valence-electron chi connectivity index (χ4n) is 1.72. The number of rotatable bonds is 7. The van der Waals surface area contributed by atoms with Crippen molar-refractivity contribution in [2.24, 2.45) is 5.41 Å². The Hall–Kier alpha value is -1.32. The van der Waals surface area contributed by atoms with Gasteiger partial charge in [-0.3, -0.25) is 0 Å². The van der Waals surface area contributed by atoms with Crippen molar-refractivity contribution in [3.8, 4) is 0 Å². The van der Waals surface area contributed by atoms with Crippen molar-refractivity contribution in [1.82, 2.24) is 9.97 Å². The van der Waals surface area contributed by atoms with Gasteiger partial charge >= 0.3 is 0 Å². The standard InChI is InChI=1S/C16H30N4/c1-7-9-17-13-11-14(18-10-8-16(4,5)6)20-15(19-13)12(2)3/h11-12H,7-10H2,1-6H3,(H2,17,18,19,20). The third kappa shape index (κ3) is 6.22. The number of aromatic nitrogens is 2. The third-order valence-corrected chi connectivity index (χ3v) is 3.00. The summed E-state index contributed by atoms with van der Waals surface area (Å²) >= 11 is 0. The first-order valence-corrected chi connectivity index (χ1v) is 7.68. The lowest BCUT2D eigenvalue weighted by Gasteiger charge is -2.19. The minimum absolute atomic E-state index is 0.335. The molecular formula is C16H30N4. The lowest BCUT2D eigenvalue weighted by molar-refractivity contribution is 0.389. The molecular weight excluding hydrogens is 248 g/mol. The predicted molar refractivity (Wildman–Crippen MR) is 87.5 cm³/mol. The van der Waals surface area contributed by atoms with Gasteiger partial charge in [-0.25, -0.2) is 9.97 Å². The van der Waals surface area contributed by atoms with Gasteiger partial charge < -0.3 is 10.6 Å². The van der Waals surface area contributed by atoms with Crippen LogP contribution in [-0.2, 0) is 0 Å². The second kappa shape index (κ2) is 7.46. The number of hydrogen-bond donors (Lipinski definition) is 2. The van der Waals surface area contributed by atoms with Crippen LogP contribution in [0.3, 0.4) is 0 Å². The van der Waals surface area contributed by atoms with Crippen LogP contribution in [0.5, 0.6) is 0 Å². The lowest BCUT2D eigenvalue weighted by atomic mass is 9.92. The van der Waals surface area contributed by atoms with E-state index >= 15 is 0 Å². The molecule has 0 aromatic carbocycles. The van der Waals surface area contributed by atoms with Crippen LogP contribution >= 0.6 is 0 Å². The molecule has 4 nitrogen and oxygen atoms in total. The van der Waals surface area contributed by atoms with Gasteiger partial charge in [0.25, 0.3) is 0 Å². The van der Waals surface area contributed by atoms with E-state index < -0.39 is 0 Å². The maximum absolute atomic E-state index is 4.60. The summed E-state index contributed by atoms with van der Waals surface area (Å²) in [6, 6.07) is 2.00. The highest BCUT2D eigenvalue weighted by atomic mass is 15.1. The summed E-state index contributed by atoms with van der Waals surface area (Å²) in [6.45, 7) is 15.0. The van der Waals surface area contributed by atoms with Crippen LogP contribution in [0.15, 0.2) is 6.07 Å². The Balaban J connectivity index is 2.75. The molecule has 4 heteroatoms. The van der Waals surface area contributed by atoms with Crippen molar-refractivity contribution in [2.45, 2.75) is 60.3 Å². The molecule has 0 saturated carbocycles. The highest BCUT2D eigenvalue weighted by molar-refractivity contribution is 5.47. The van der Waals surface area contributed by atoms with E-state index in [0.717, 1.165) is 43.4 Å². The molecule has 0 spiro atoms. The molecule has 0 unspecified atom stereocenters. The maximum Gasteiger partial charge on any atom is 0.135 e. The molecule has 20 heavy (non-hydrogen) atoms. The molecule has 114 valence electrons. The zero-order chi connectivity index (χ0) is 15.2. The monoisotopic (exact) mass is 278 g/mol. The summed E-state index contributed by atoms with van der Waals surface area (Å²) in [6.07, 6.45) is 2.21. The normalized spacial score (nSPS) is 11.8. The summed E-state index contributed by atoms with van der Waals surface area (Å²) in [5.74, 6) is 3.07. The summed E-state index contributed by atoms with van der Waals surface area (Å²) in [7, 11) is 0. The molecule has 1 heterocycles. The number of nitrogens with zero attached hydrogens (tertiary/aromatic N) is 2. The van der Waals surface area contributed by atoms with Gasteiger partial charge in [0.15, 0.2) is 0 Å². The predicted octanol–water partition coefficient (Wildman–Crippen LogP) is 4.27. The minimum Gasteiger partial charge on any atom is -0.370 e. The van der Waals surface area contributed by atoms with Gasteiger partial charge in [-0.05, 0) is 18.3 Å². The lowest BCUT2D eigenvalue weighted by Crippen LogP contribution is -2.15. The Morgan fingerprint density at radius 2 is 1.60 bits per heavy atom. The van der Waals surface area contributed by atoms with E-state index in [4.69, 9.17) is 0 Å². The van der Waals surface area contributed by atoms with Crippen LogP contribution in [0, 0.1) is 5.41 Å². The number of anilines is 2. The highest BCUT2D eigenvalue weighted by Gasteiger charge is 2.11. The topological polar surface area (TPSA) is 49.8 Å². The van der Waals surface area contributed by atoms with Crippen LogP contribution in [-0.4, -0.2) is 23.1 Å². The van der Waals surface area contributed by atoms with Gasteiger partial charge in [-0.15, -0.1) is 0 Å². The van der Waals surface area contributed by atoms with E-state index in [-0.39, 0.29) is 0 Å². The summed E-state index contributed by atoms with van der Waals surface area (Å²) in [5.41, 5.74) is 0.337. The first-order chi connectivity index (χ1) is 9.31. The van der Waals surface area contributed by atoms with Crippen molar-refractivity contribution in [2.75, 3.05) is 23.7 Å². The smallest absolute Gasteiger partial charge is 0.135 e. The van der Waals surface area contributed by atoms with Crippen molar-refractivity contribution < 1.29 is 0 Å². The van der Waals surface area contributed by atoms with Gasteiger partial charge in [0.2, 0.25) is 0 Å². The van der Waals surface area contributed by atoms with Gasteiger partial charge in [-0.2, -0.15) is 0 Å². The number of hydrogen-bond acceptors (Lipinski definition) is 4. The quantitative estimate of drug-likeness (QED) is 0.782. The summed E-state index contributed by atoms with van der Waals surface area (Å²) in [5, 5.41) is 6.77. The van der Waals surface area contributed by atoms with E-state index in [9.17, 15) is 0 Å². The van der Waals surface area contributed by atoms with Crippen LogP contribution in [0.25, 0.3) is 0 Å². The van der Waals surface area contributed by atoms with Crippen molar-refractivity contribution in [3.63, 3.8) is 0 Å². The zero-order valence-electron chi connectivity index (χ0n) is 13.9. The summed E-state index contributed by atoms with van der Waals surface area (Å²) in [4.78, 5) is 9.16. The SMILES string of the molecule is CCCNc1cc(NCCC(C)(C)C)nc(C(C)C)n1.